The molecule has 28 heavy (non-hydrogen) atoms. The molecule has 9 nitrogen and oxygen atoms in total. The van der Waals surface area contributed by atoms with Crippen molar-refractivity contribution in [1.82, 2.24) is 35.1 Å². The Morgan fingerprint density at radius 1 is 1.18 bits per heavy atom. The quantitative estimate of drug-likeness (QED) is 0.714. The first-order valence-corrected chi connectivity index (χ1v) is 9.44. The summed E-state index contributed by atoms with van der Waals surface area (Å²) in [6.07, 6.45) is 6.25. The van der Waals surface area contributed by atoms with E-state index in [-0.39, 0.29) is 23.6 Å². The van der Waals surface area contributed by atoms with Crippen LogP contribution in [0.3, 0.4) is 0 Å². The van der Waals surface area contributed by atoms with E-state index < -0.39 is 0 Å². The van der Waals surface area contributed by atoms with Crippen LogP contribution in [0.25, 0.3) is 5.82 Å². The fourth-order valence-electron chi connectivity index (χ4n) is 3.76. The molecule has 0 saturated heterocycles. The lowest BCUT2D eigenvalue weighted by Crippen LogP contribution is -2.39. The lowest BCUT2D eigenvalue weighted by atomic mass is 9.91. The van der Waals surface area contributed by atoms with Crippen molar-refractivity contribution in [2.24, 2.45) is 0 Å². The maximum Gasteiger partial charge on any atom is 0.267 e. The summed E-state index contributed by atoms with van der Waals surface area (Å²) in [5.41, 5.74) is 2.29. The van der Waals surface area contributed by atoms with Gasteiger partial charge in [0.2, 0.25) is 0 Å². The van der Waals surface area contributed by atoms with E-state index in [9.17, 15) is 9.59 Å². The number of rotatable bonds is 4. The van der Waals surface area contributed by atoms with Crippen LogP contribution in [0.1, 0.15) is 53.5 Å². The van der Waals surface area contributed by atoms with Crippen molar-refractivity contribution in [3.63, 3.8) is 0 Å². The van der Waals surface area contributed by atoms with Gasteiger partial charge in [-0.1, -0.05) is 0 Å². The molecule has 1 saturated carbocycles. The number of aromatic nitrogens is 6. The van der Waals surface area contributed by atoms with Gasteiger partial charge >= 0.3 is 0 Å². The molecule has 0 unspecified atom stereocenters. The van der Waals surface area contributed by atoms with Crippen molar-refractivity contribution < 1.29 is 4.79 Å². The van der Waals surface area contributed by atoms with E-state index in [0.717, 1.165) is 37.1 Å². The number of nitrogens with one attached hydrogen (secondary N) is 2. The molecule has 0 bridgehead atoms. The average molecular weight is 381 g/mol. The summed E-state index contributed by atoms with van der Waals surface area (Å²) < 4.78 is 3.32. The fourth-order valence-corrected chi connectivity index (χ4v) is 3.76. The van der Waals surface area contributed by atoms with Crippen molar-refractivity contribution in [2.75, 3.05) is 0 Å². The third-order valence-electron chi connectivity index (χ3n) is 5.18. The van der Waals surface area contributed by atoms with Crippen molar-refractivity contribution in [2.45, 2.75) is 51.6 Å². The lowest BCUT2D eigenvalue weighted by Gasteiger charge is -2.29. The summed E-state index contributed by atoms with van der Waals surface area (Å²) in [4.78, 5) is 24.6. The molecule has 1 aliphatic rings. The number of aryl methyl sites for hydroxylation is 2. The van der Waals surface area contributed by atoms with Crippen LogP contribution in [0.15, 0.2) is 35.4 Å². The van der Waals surface area contributed by atoms with Gasteiger partial charge in [-0.3, -0.25) is 14.7 Å². The highest BCUT2D eigenvalue weighted by atomic mass is 16.2. The summed E-state index contributed by atoms with van der Waals surface area (Å²) in [5.74, 6) is 0.514. The van der Waals surface area contributed by atoms with Crippen molar-refractivity contribution >= 4 is 5.91 Å². The van der Waals surface area contributed by atoms with Crippen LogP contribution in [0.2, 0.25) is 0 Å². The molecule has 0 radical (unpaired) electrons. The zero-order chi connectivity index (χ0) is 19.7. The molecule has 3 aromatic rings. The predicted molar refractivity (Wildman–Crippen MR) is 102 cm³/mol. The Labute approximate surface area is 161 Å². The average Bonchev–Trinajstić information content (AvgIpc) is 3.33. The summed E-state index contributed by atoms with van der Waals surface area (Å²) in [6.45, 7) is 3.89. The molecule has 0 aromatic carbocycles. The zero-order valence-corrected chi connectivity index (χ0v) is 15.9. The van der Waals surface area contributed by atoms with Crippen molar-refractivity contribution in [1.29, 1.82) is 0 Å². The lowest BCUT2D eigenvalue weighted by molar-refractivity contribution is 0.0921. The third-order valence-corrected chi connectivity index (χ3v) is 5.18. The predicted octanol–water partition coefficient (Wildman–Crippen LogP) is 1.68. The molecule has 0 aliphatic heterocycles. The van der Waals surface area contributed by atoms with Gasteiger partial charge in [-0.25, -0.2) is 9.36 Å². The van der Waals surface area contributed by atoms with E-state index in [1.165, 1.54) is 6.20 Å². The Hall–Kier alpha value is -3.23. The molecular weight excluding hydrogens is 358 g/mol. The van der Waals surface area contributed by atoms with Crippen LogP contribution >= 0.6 is 0 Å². The minimum Gasteiger partial charge on any atom is -0.349 e. The first-order chi connectivity index (χ1) is 13.5. The van der Waals surface area contributed by atoms with Gasteiger partial charge in [0.15, 0.2) is 5.82 Å². The smallest absolute Gasteiger partial charge is 0.267 e. The molecule has 3 aromatic heterocycles. The SMILES string of the molecule is Cc1cc(C)n(-c2ccc(=O)n(C3CCC(NC(=O)c4cn[nH]c4)CC3)n2)n1. The Kier molecular flexibility index (Phi) is 4.81. The van der Waals surface area contributed by atoms with Crippen molar-refractivity contribution in [3.05, 3.63) is 57.9 Å². The van der Waals surface area contributed by atoms with Crippen LogP contribution in [-0.2, 0) is 0 Å². The number of hydrogen-bond acceptors (Lipinski definition) is 5. The Balaban J connectivity index is 1.46. The van der Waals surface area contributed by atoms with Crippen LogP contribution in [0.4, 0.5) is 0 Å². The van der Waals surface area contributed by atoms with Gasteiger partial charge in [0.1, 0.15) is 0 Å². The molecule has 0 atom stereocenters. The van der Waals surface area contributed by atoms with E-state index in [0.29, 0.717) is 11.4 Å². The maximum atomic E-state index is 12.4. The largest absolute Gasteiger partial charge is 0.349 e. The normalized spacial score (nSPS) is 19.5. The van der Waals surface area contributed by atoms with Crippen LogP contribution in [0, 0.1) is 13.8 Å². The molecule has 9 heteroatoms. The molecule has 3 heterocycles. The molecule has 2 N–H and O–H groups in total. The summed E-state index contributed by atoms with van der Waals surface area (Å²) in [6, 6.07) is 5.34. The molecule has 4 rings (SSSR count). The van der Waals surface area contributed by atoms with Gasteiger partial charge in [-0.05, 0) is 51.7 Å². The molecule has 1 aliphatic carbocycles. The highest BCUT2D eigenvalue weighted by molar-refractivity contribution is 5.93. The van der Waals surface area contributed by atoms with Gasteiger partial charge in [0.05, 0.1) is 23.5 Å². The highest BCUT2D eigenvalue weighted by Crippen LogP contribution is 2.27. The number of H-pyrrole nitrogens is 1. The van der Waals surface area contributed by atoms with E-state index in [1.807, 2.05) is 19.9 Å². The van der Waals surface area contributed by atoms with Gasteiger partial charge in [-0.2, -0.15) is 10.2 Å². The fraction of sp³-hybridized carbons (Fsp3) is 0.421. The number of amides is 1. The van der Waals surface area contributed by atoms with Crippen molar-refractivity contribution in [3.8, 4) is 5.82 Å². The summed E-state index contributed by atoms with van der Waals surface area (Å²) >= 11 is 0. The number of carbonyl (C=O) groups is 1. The molecule has 0 spiro atoms. The zero-order valence-electron chi connectivity index (χ0n) is 15.9. The number of hydrogen-bond donors (Lipinski definition) is 2. The topological polar surface area (TPSA) is 110 Å². The number of aromatic amines is 1. The highest BCUT2D eigenvalue weighted by Gasteiger charge is 2.25. The van der Waals surface area contributed by atoms with Gasteiger partial charge in [0, 0.05) is 24.0 Å². The minimum absolute atomic E-state index is 0.0199. The monoisotopic (exact) mass is 381 g/mol. The molecule has 1 fully saturated rings. The second kappa shape index (κ2) is 7.41. The maximum absolute atomic E-state index is 12.4. The van der Waals surface area contributed by atoms with Crippen LogP contribution < -0.4 is 10.9 Å². The standard InChI is InChI=1S/C19H23N7O2/c1-12-9-13(2)25(23-12)17-7-8-18(27)26(24-17)16-5-3-15(4-6-16)22-19(28)14-10-20-21-11-14/h7-11,15-16H,3-6H2,1-2H3,(H,20,21)(H,22,28). The number of nitrogens with zero attached hydrogens (tertiary/aromatic N) is 5. The van der Waals surface area contributed by atoms with Gasteiger partial charge in [-0.15, -0.1) is 5.10 Å². The first kappa shape index (κ1) is 18.1. The molecular formula is C19H23N7O2. The molecule has 1 amide bonds. The minimum atomic E-state index is -0.126. The third kappa shape index (κ3) is 3.60. The first-order valence-electron chi connectivity index (χ1n) is 9.44. The van der Waals surface area contributed by atoms with E-state index in [1.54, 1.807) is 27.7 Å². The van der Waals surface area contributed by atoms with Gasteiger partial charge < -0.3 is 5.32 Å². The Morgan fingerprint density at radius 2 is 1.96 bits per heavy atom. The van der Waals surface area contributed by atoms with E-state index in [4.69, 9.17) is 0 Å². The second-order valence-corrected chi connectivity index (χ2v) is 7.28. The van der Waals surface area contributed by atoms with Crippen LogP contribution in [0.5, 0.6) is 0 Å². The van der Waals surface area contributed by atoms with Crippen LogP contribution in [-0.4, -0.2) is 41.7 Å². The van der Waals surface area contributed by atoms with Gasteiger partial charge in [0.25, 0.3) is 11.5 Å². The van der Waals surface area contributed by atoms with E-state index in [2.05, 4.69) is 25.7 Å². The summed E-state index contributed by atoms with van der Waals surface area (Å²) in [7, 11) is 0. The number of carbonyl (C=O) groups excluding carboxylic acids is 1. The Morgan fingerprint density at radius 3 is 2.61 bits per heavy atom. The second-order valence-electron chi connectivity index (χ2n) is 7.28. The summed E-state index contributed by atoms with van der Waals surface area (Å²) in [5, 5.41) is 18.5. The molecule has 146 valence electrons. The Bertz CT molecular complexity index is 1030. The van der Waals surface area contributed by atoms with E-state index >= 15 is 0 Å².